The van der Waals surface area contributed by atoms with Gasteiger partial charge in [-0.25, -0.2) is 4.79 Å². The highest BCUT2D eigenvalue weighted by molar-refractivity contribution is 5.92. The Morgan fingerprint density at radius 1 is 1.20 bits per heavy atom. The summed E-state index contributed by atoms with van der Waals surface area (Å²) in [5, 5.41) is 2.81. The molecule has 1 heterocycles. The number of methoxy groups -OCH3 is 2. The molecule has 0 bridgehead atoms. The molecule has 0 aliphatic heterocycles. The van der Waals surface area contributed by atoms with Gasteiger partial charge in [0.05, 0.1) is 27.3 Å². The van der Waals surface area contributed by atoms with Crippen molar-refractivity contribution in [2.24, 2.45) is 0 Å². The summed E-state index contributed by atoms with van der Waals surface area (Å²) in [6.07, 6.45) is 0. The molecule has 0 spiro atoms. The van der Waals surface area contributed by atoms with E-state index in [4.69, 9.17) is 13.9 Å². The lowest BCUT2D eigenvalue weighted by Gasteiger charge is -2.15. The minimum absolute atomic E-state index is 0.149. The van der Waals surface area contributed by atoms with Crippen LogP contribution in [0.15, 0.2) is 34.7 Å². The first-order valence-corrected chi connectivity index (χ1v) is 7.73. The normalized spacial score (nSPS) is 10.6. The van der Waals surface area contributed by atoms with Gasteiger partial charge in [-0.05, 0) is 44.3 Å². The van der Waals surface area contributed by atoms with E-state index in [9.17, 15) is 9.59 Å². The highest BCUT2D eigenvalue weighted by atomic mass is 16.5. The standard InChI is InChI=1S/C18H22N2O5/c1-12-16(18(22)24-4)9-15(25-12)10-20(2)11-17(21)19-13-5-7-14(23-3)8-6-13/h5-9H,10-11H2,1-4H3,(H,19,21). The summed E-state index contributed by atoms with van der Waals surface area (Å²) in [5.74, 6) is 1.23. The van der Waals surface area contributed by atoms with Crippen LogP contribution in [0.25, 0.3) is 0 Å². The highest BCUT2D eigenvalue weighted by Crippen LogP contribution is 2.17. The van der Waals surface area contributed by atoms with Crippen LogP contribution in [0.2, 0.25) is 0 Å². The number of aryl methyl sites for hydroxylation is 1. The number of amides is 1. The van der Waals surface area contributed by atoms with Gasteiger partial charge in [0.2, 0.25) is 5.91 Å². The van der Waals surface area contributed by atoms with Gasteiger partial charge >= 0.3 is 5.97 Å². The molecule has 1 aromatic carbocycles. The molecule has 1 amide bonds. The molecule has 2 aromatic rings. The molecular formula is C18H22N2O5. The van der Waals surface area contributed by atoms with Crippen molar-refractivity contribution in [1.82, 2.24) is 4.90 Å². The van der Waals surface area contributed by atoms with Crippen LogP contribution >= 0.6 is 0 Å². The van der Waals surface area contributed by atoms with E-state index in [1.807, 2.05) is 0 Å². The molecule has 1 N–H and O–H groups in total. The molecule has 2 rings (SSSR count). The molecule has 134 valence electrons. The van der Waals surface area contributed by atoms with Gasteiger partial charge in [-0.1, -0.05) is 0 Å². The van der Waals surface area contributed by atoms with E-state index in [-0.39, 0.29) is 12.5 Å². The molecule has 0 saturated carbocycles. The second kappa shape index (κ2) is 8.34. The van der Waals surface area contributed by atoms with Crippen LogP contribution in [0.1, 0.15) is 21.9 Å². The second-order valence-corrected chi connectivity index (χ2v) is 5.62. The minimum atomic E-state index is -0.438. The van der Waals surface area contributed by atoms with Crippen molar-refractivity contribution in [3.63, 3.8) is 0 Å². The Bertz CT molecular complexity index is 736. The lowest BCUT2D eigenvalue weighted by molar-refractivity contribution is -0.117. The summed E-state index contributed by atoms with van der Waals surface area (Å²) in [6, 6.07) is 8.74. The lowest BCUT2D eigenvalue weighted by atomic mass is 10.2. The number of furan rings is 1. The molecule has 0 aliphatic carbocycles. The number of ether oxygens (including phenoxy) is 2. The van der Waals surface area contributed by atoms with Crippen molar-refractivity contribution < 1.29 is 23.5 Å². The fourth-order valence-electron chi connectivity index (χ4n) is 2.38. The SMILES string of the molecule is COC(=O)c1cc(CN(C)CC(=O)Nc2ccc(OC)cc2)oc1C. The van der Waals surface area contributed by atoms with E-state index in [0.29, 0.717) is 29.3 Å². The summed E-state index contributed by atoms with van der Waals surface area (Å²) >= 11 is 0. The van der Waals surface area contributed by atoms with Gasteiger partial charge in [0, 0.05) is 5.69 Å². The van der Waals surface area contributed by atoms with Crippen LogP contribution in [0.3, 0.4) is 0 Å². The first-order valence-electron chi connectivity index (χ1n) is 7.73. The maximum atomic E-state index is 12.1. The summed E-state index contributed by atoms with van der Waals surface area (Å²) in [7, 11) is 4.71. The fourth-order valence-corrected chi connectivity index (χ4v) is 2.38. The fraction of sp³-hybridized carbons (Fsp3) is 0.333. The smallest absolute Gasteiger partial charge is 0.341 e. The zero-order valence-corrected chi connectivity index (χ0v) is 14.8. The quantitative estimate of drug-likeness (QED) is 0.776. The average molecular weight is 346 g/mol. The Labute approximate surface area is 146 Å². The van der Waals surface area contributed by atoms with Crippen LogP contribution in [0, 0.1) is 6.92 Å². The molecular weight excluding hydrogens is 324 g/mol. The van der Waals surface area contributed by atoms with Crippen LogP contribution < -0.4 is 10.1 Å². The molecule has 7 heteroatoms. The molecule has 0 saturated heterocycles. The molecule has 0 aliphatic rings. The summed E-state index contributed by atoms with van der Waals surface area (Å²) < 4.78 is 15.3. The largest absolute Gasteiger partial charge is 0.497 e. The van der Waals surface area contributed by atoms with E-state index >= 15 is 0 Å². The average Bonchev–Trinajstić information content (AvgIpc) is 2.94. The summed E-state index contributed by atoms with van der Waals surface area (Å²) in [6.45, 7) is 2.28. The van der Waals surface area contributed by atoms with E-state index in [2.05, 4.69) is 5.32 Å². The topological polar surface area (TPSA) is 81.0 Å². The monoisotopic (exact) mass is 346 g/mol. The first-order chi connectivity index (χ1) is 11.9. The molecule has 0 fully saturated rings. The van der Waals surface area contributed by atoms with Gasteiger partial charge in [0.15, 0.2) is 0 Å². The third-order valence-electron chi connectivity index (χ3n) is 3.59. The number of esters is 1. The van der Waals surface area contributed by atoms with Crippen molar-refractivity contribution in [3.8, 4) is 5.75 Å². The number of likely N-dealkylation sites (N-methyl/N-ethyl adjacent to an activating group) is 1. The molecule has 0 radical (unpaired) electrons. The van der Waals surface area contributed by atoms with Gasteiger partial charge < -0.3 is 19.2 Å². The third-order valence-corrected chi connectivity index (χ3v) is 3.59. The molecule has 0 unspecified atom stereocenters. The van der Waals surface area contributed by atoms with Crippen molar-refractivity contribution in [1.29, 1.82) is 0 Å². The van der Waals surface area contributed by atoms with Crippen molar-refractivity contribution >= 4 is 17.6 Å². The van der Waals surface area contributed by atoms with Crippen LogP contribution in [0.4, 0.5) is 5.69 Å². The zero-order valence-electron chi connectivity index (χ0n) is 14.8. The Morgan fingerprint density at radius 3 is 2.48 bits per heavy atom. The predicted octanol–water partition coefficient (Wildman–Crippen LogP) is 2.45. The Morgan fingerprint density at radius 2 is 1.88 bits per heavy atom. The number of carbonyl (C=O) groups is 2. The van der Waals surface area contributed by atoms with E-state index < -0.39 is 5.97 Å². The number of hydrogen-bond donors (Lipinski definition) is 1. The van der Waals surface area contributed by atoms with Crippen molar-refractivity contribution in [2.45, 2.75) is 13.5 Å². The molecule has 1 aromatic heterocycles. The number of nitrogens with zero attached hydrogens (tertiary/aromatic N) is 1. The van der Waals surface area contributed by atoms with Gasteiger partial charge in [0.25, 0.3) is 0 Å². The van der Waals surface area contributed by atoms with Gasteiger partial charge in [-0.2, -0.15) is 0 Å². The Kier molecular flexibility index (Phi) is 6.19. The highest BCUT2D eigenvalue weighted by Gasteiger charge is 2.17. The summed E-state index contributed by atoms with van der Waals surface area (Å²) in [4.78, 5) is 25.5. The number of hydrogen-bond acceptors (Lipinski definition) is 6. The second-order valence-electron chi connectivity index (χ2n) is 5.62. The van der Waals surface area contributed by atoms with Gasteiger partial charge in [-0.3, -0.25) is 9.69 Å². The third kappa shape index (κ3) is 5.09. The number of benzene rings is 1. The molecule has 0 atom stereocenters. The number of rotatable bonds is 7. The van der Waals surface area contributed by atoms with E-state index in [0.717, 1.165) is 5.75 Å². The van der Waals surface area contributed by atoms with Crippen LogP contribution in [-0.4, -0.2) is 44.6 Å². The van der Waals surface area contributed by atoms with Crippen molar-refractivity contribution in [2.75, 3.05) is 33.1 Å². The Balaban J connectivity index is 1.89. The molecule has 25 heavy (non-hydrogen) atoms. The first kappa shape index (κ1) is 18.5. The van der Waals surface area contributed by atoms with Gasteiger partial charge in [0.1, 0.15) is 22.8 Å². The maximum Gasteiger partial charge on any atom is 0.341 e. The zero-order chi connectivity index (χ0) is 18.4. The number of nitrogens with one attached hydrogen (secondary N) is 1. The van der Waals surface area contributed by atoms with Crippen LogP contribution in [0.5, 0.6) is 5.75 Å². The van der Waals surface area contributed by atoms with E-state index in [1.54, 1.807) is 56.3 Å². The predicted molar refractivity (Wildman–Crippen MR) is 92.7 cm³/mol. The van der Waals surface area contributed by atoms with E-state index in [1.165, 1.54) is 7.11 Å². The van der Waals surface area contributed by atoms with Crippen molar-refractivity contribution in [3.05, 3.63) is 47.4 Å². The van der Waals surface area contributed by atoms with Gasteiger partial charge in [-0.15, -0.1) is 0 Å². The maximum absolute atomic E-state index is 12.1. The lowest BCUT2D eigenvalue weighted by Crippen LogP contribution is -2.29. The number of anilines is 1. The molecule has 7 nitrogen and oxygen atoms in total. The number of carbonyl (C=O) groups excluding carboxylic acids is 2. The van der Waals surface area contributed by atoms with Crippen LogP contribution in [-0.2, 0) is 16.1 Å². The minimum Gasteiger partial charge on any atom is -0.497 e. The summed E-state index contributed by atoms with van der Waals surface area (Å²) in [5.41, 5.74) is 1.09. The Hall–Kier alpha value is -2.80.